The third-order valence-corrected chi connectivity index (χ3v) is 3.62. The van der Waals surface area contributed by atoms with E-state index in [2.05, 4.69) is 4.98 Å². The van der Waals surface area contributed by atoms with Gasteiger partial charge < -0.3 is 14.4 Å². The number of rotatable bonds is 5. The van der Waals surface area contributed by atoms with E-state index in [-0.39, 0.29) is 30.2 Å². The van der Waals surface area contributed by atoms with Crippen LogP contribution in [0.3, 0.4) is 0 Å². The van der Waals surface area contributed by atoms with Crippen molar-refractivity contribution < 1.29 is 14.3 Å². The Balaban J connectivity index is 2.51. The molecule has 1 saturated heterocycles. The van der Waals surface area contributed by atoms with Crippen molar-refractivity contribution in [1.29, 1.82) is 0 Å². The highest BCUT2D eigenvalue weighted by atomic mass is 16.5. The molecule has 1 aromatic heterocycles. The first-order chi connectivity index (χ1) is 10.6. The maximum atomic E-state index is 12.5. The molecule has 0 spiro atoms. The van der Waals surface area contributed by atoms with Crippen LogP contribution in [0.2, 0.25) is 0 Å². The van der Waals surface area contributed by atoms with Gasteiger partial charge in [0.25, 0.3) is 5.56 Å². The minimum atomic E-state index is -0.623. The molecule has 0 bridgehead atoms. The van der Waals surface area contributed by atoms with Crippen molar-refractivity contribution in [2.75, 3.05) is 31.2 Å². The molecule has 22 heavy (non-hydrogen) atoms. The Morgan fingerprint density at radius 1 is 1.18 bits per heavy atom. The standard InChI is InChI=1S/C15H23N3O4/c1-4-21-12-11(14(20)22-5-2)16-15(17(3)13(12)19)18-9-7-6-8-10-18/h4-10H2,1-3H3. The SMILES string of the molecule is CCOC(=O)c1nc(N2CCCCC2)n(C)c(=O)c1OCC. The van der Waals surface area contributed by atoms with Crippen molar-refractivity contribution in [3.05, 3.63) is 16.0 Å². The Morgan fingerprint density at radius 2 is 1.86 bits per heavy atom. The predicted molar refractivity (Wildman–Crippen MR) is 82.7 cm³/mol. The summed E-state index contributed by atoms with van der Waals surface area (Å²) in [7, 11) is 1.65. The predicted octanol–water partition coefficient (Wildman–Crippen LogP) is 1.35. The van der Waals surface area contributed by atoms with Crippen LogP contribution in [-0.2, 0) is 11.8 Å². The zero-order chi connectivity index (χ0) is 16.1. The highest BCUT2D eigenvalue weighted by molar-refractivity contribution is 5.90. The van der Waals surface area contributed by atoms with Gasteiger partial charge >= 0.3 is 5.97 Å². The topological polar surface area (TPSA) is 73.7 Å². The van der Waals surface area contributed by atoms with E-state index in [1.807, 2.05) is 4.90 Å². The number of hydrogen-bond acceptors (Lipinski definition) is 6. The summed E-state index contributed by atoms with van der Waals surface area (Å²) in [6, 6.07) is 0. The van der Waals surface area contributed by atoms with Gasteiger partial charge in [-0.25, -0.2) is 9.78 Å². The largest absolute Gasteiger partial charge is 0.486 e. The van der Waals surface area contributed by atoms with Crippen LogP contribution < -0.4 is 15.2 Å². The number of piperidine rings is 1. The van der Waals surface area contributed by atoms with Crippen molar-refractivity contribution in [3.63, 3.8) is 0 Å². The maximum absolute atomic E-state index is 12.5. The molecule has 7 nitrogen and oxygen atoms in total. The summed E-state index contributed by atoms with van der Waals surface area (Å²) in [6.45, 7) is 5.64. The first-order valence-electron chi connectivity index (χ1n) is 7.76. The average molecular weight is 309 g/mol. The molecule has 0 atom stereocenters. The molecule has 122 valence electrons. The molecule has 0 N–H and O–H groups in total. The van der Waals surface area contributed by atoms with Gasteiger partial charge in [0.2, 0.25) is 11.7 Å². The molecule has 1 aliphatic rings. The molecular weight excluding hydrogens is 286 g/mol. The summed E-state index contributed by atoms with van der Waals surface area (Å²) >= 11 is 0. The third-order valence-electron chi connectivity index (χ3n) is 3.62. The lowest BCUT2D eigenvalue weighted by atomic mass is 10.1. The fraction of sp³-hybridized carbons (Fsp3) is 0.667. The van der Waals surface area contributed by atoms with Crippen molar-refractivity contribution in [2.45, 2.75) is 33.1 Å². The quantitative estimate of drug-likeness (QED) is 0.764. The number of aromatic nitrogens is 2. The molecule has 0 unspecified atom stereocenters. The van der Waals surface area contributed by atoms with Crippen LogP contribution in [0.25, 0.3) is 0 Å². The molecule has 1 aromatic rings. The molecule has 0 aromatic carbocycles. The Labute approximate surface area is 129 Å². The lowest BCUT2D eigenvalue weighted by Crippen LogP contribution is -2.37. The lowest BCUT2D eigenvalue weighted by molar-refractivity contribution is 0.0513. The maximum Gasteiger partial charge on any atom is 0.361 e. The summed E-state index contributed by atoms with van der Waals surface area (Å²) in [5.74, 6) is -0.165. The van der Waals surface area contributed by atoms with E-state index < -0.39 is 5.97 Å². The van der Waals surface area contributed by atoms with Gasteiger partial charge in [-0.1, -0.05) is 0 Å². The van der Waals surface area contributed by atoms with Gasteiger partial charge in [0, 0.05) is 20.1 Å². The van der Waals surface area contributed by atoms with E-state index in [0.717, 1.165) is 25.9 Å². The first-order valence-corrected chi connectivity index (χ1v) is 7.76. The van der Waals surface area contributed by atoms with E-state index in [1.54, 1.807) is 20.9 Å². The van der Waals surface area contributed by atoms with E-state index in [4.69, 9.17) is 9.47 Å². The summed E-state index contributed by atoms with van der Waals surface area (Å²) in [5, 5.41) is 0. The number of hydrogen-bond donors (Lipinski definition) is 0. The van der Waals surface area contributed by atoms with Gasteiger partial charge in [-0.3, -0.25) is 9.36 Å². The summed E-state index contributed by atoms with van der Waals surface area (Å²) < 4.78 is 11.8. The molecule has 0 saturated carbocycles. The number of carbonyl (C=O) groups is 1. The first kappa shape index (κ1) is 16.3. The van der Waals surface area contributed by atoms with E-state index in [9.17, 15) is 9.59 Å². The Morgan fingerprint density at radius 3 is 2.45 bits per heavy atom. The van der Waals surface area contributed by atoms with Crippen LogP contribution in [0.5, 0.6) is 5.75 Å². The minimum absolute atomic E-state index is 0.0348. The Kier molecular flexibility index (Phi) is 5.41. The fourth-order valence-electron chi connectivity index (χ4n) is 2.56. The molecule has 7 heteroatoms. The highest BCUT2D eigenvalue weighted by Crippen LogP contribution is 2.20. The number of carbonyl (C=O) groups excluding carboxylic acids is 1. The second-order valence-corrected chi connectivity index (χ2v) is 5.15. The summed E-state index contributed by atoms with van der Waals surface area (Å²) in [4.78, 5) is 31.0. The smallest absolute Gasteiger partial charge is 0.361 e. The van der Waals surface area contributed by atoms with Gasteiger partial charge in [0.15, 0.2) is 5.69 Å². The fourth-order valence-corrected chi connectivity index (χ4v) is 2.56. The zero-order valence-corrected chi connectivity index (χ0v) is 13.4. The van der Waals surface area contributed by atoms with Crippen molar-refractivity contribution in [3.8, 4) is 5.75 Å². The van der Waals surface area contributed by atoms with Gasteiger partial charge in [-0.05, 0) is 33.1 Å². The molecule has 0 aliphatic carbocycles. The number of ether oxygens (including phenoxy) is 2. The van der Waals surface area contributed by atoms with Crippen LogP contribution in [0.15, 0.2) is 4.79 Å². The molecule has 2 rings (SSSR count). The van der Waals surface area contributed by atoms with Gasteiger partial charge in [-0.15, -0.1) is 0 Å². The molecule has 0 amide bonds. The molecule has 1 fully saturated rings. The normalized spacial score (nSPS) is 14.8. The van der Waals surface area contributed by atoms with Crippen molar-refractivity contribution in [2.24, 2.45) is 7.05 Å². The van der Waals surface area contributed by atoms with Crippen molar-refractivity contribution >= 4 is 11.9 Å². The minimum Gasteiger partial charge on any atom is -0.486 e. The van der Waals surface area contributed by atoms with Crippen LogP contribution in [-0.4, -0.2) is 41.8 Å². The number of esters is 1. The van der Waals surface area contributed by atoms with E-state index in [0.29, 0.717) is 5.95 Å². The van der Waals surface area contributed by atoms with Crippen LogP contribution in [0.4, 0.5) is 5.95 Å². The molecule has 0 radical (unpaired) electrons. The average Bonchev–Trinajstić information content (AvgIpc) is 2.53. The number of nitrogens with zero attached hydrogens (tertiary/aromatic N) is 3. The van der Waals surface area contributed by atoms with E-state index in [1.165, 1.54) is 11.0 Å². The van der Waals surface area contributed by atoms with Crippen molar-refractivity contribution in [1.82, 2.24) is 9.55 Å². The molecular formula is C15H23N3O4. The second kappa shape index (κ2) is 7.29. The van der Waals surface area contributed by atoms with Gasteiger partial charge in [-0.2, -0.15) is 0 Å². The zero-order valence-electron chi connectivity index (χ0n) is 13.4. The second-order valence-electron chi connectivity index (χ2n) is 5.15. The van der Waals surface area contributed by atoms with Gasteiger partial charge in [0.1, 0.15) is 0 Å². The summed E-state index contributed by atoms with van der Waals surface area (Å²) in [5.41, 5.74) is -0.396. The Bertz CT molecular complexity index is 591. The third kappa shape index (κ3) is 3.23. The van der Waals surface area contributed by atoms with Gasteiger partial charge in [0.05, 0.1) is 13.2 Å². The monoisotopic (exact) mass is 309 g/mol. The van der Waals surface area contributed by atoms with Crippen LogP contribution in [0, 0.1) is 0 Å². The highest BCUT2D eigenvalue weighted by Gasteiger charge is 2.25. The Hall–Kier alpha value is -2.05. The van der Waals surface area contributed by atoms with Crippen LogP contribution in [0.1, 0.15) is 43.6 Å². The van der Waals surface area contributed by atoms with E-state index >= 15 is 0 Å². The lowest BCUT2D eigenvalue weighted by Gasteiger charge is -2.29. The summed E-state index contributed by atoms with van der Waals surface area (Å²) in [6.07, 6.45) is 3.28. The number of anilines is 1. The van der Waals surface area contributed by atoms with Crippen LogP contribution >= 0.6 is 0 Å². The molecule has 2 heterocycles. The molecule has 1 aliphatic heterocycles.